The van der Waals surface area contributed by atoms with Crippen molar-refractivity contribution in [2.24, 2.45) is 5.92 Å². The van der Waals surface area contributed by atoms with Gasteiger partial charge in [-0.05, 0) is 220 Å². The molecule has 0 radical (unpaired) electrons. The van der Waals surface area contributed by atoms with Crippen molar-refractivity contribution in [3.05, 3.63) is 217 Å². The van der Waals surface area contributed by atoms with Gasteiger partial charge in [0, 0.05) is 100.0 Å². The van der Waals surface area contributed by atoms with Crippen molar-refractivity contribution in [2.45, 2.75) is 328 Å². The van der Waals surface area contributed by atoms with Crippen molar-refractivity contribution < 1.29 is 87.5 Å². The highest BCUT2D eigenvalue weighted by molar-refractivity contribution is 6.40. The van der Waals surface area contributed by atoms with Crippen LogP contribution >= 0.6 is 0 Å². The SMILES string of the molecule is CC1=C2C(=C(C)CC2=C2C(=O)C(c3cc(C)c4cc(C(C)C)ccc(C)c3-4)=C2[O-])C=C(C(C)C)C=C1.CCCCCC(=O)OCC1(COC(=O)CCCCC)Nc2cccc3ccc(C4C([O-])C(c5ccc6ccc(C7C([O-])C(c8ccc9cccc%10c9c8NC(COC(=O)CCCCC)(COC(=O)CCCCC)N%10)C7[O-])c7c6c5NC(COC(=O)CCCCC)(COC(=O)CCCCC)N7)C4[O-])c(c23)N1. The molecule has 6 N–H and O–H groups in total. The number of ketones is 1. The molecule has 0 bridgehead atoms. The standard InChI is InChI=1S/C83H106N6O16.C34H36O2/c1-7-13-19-31-60(90)100-45-81(46-101-61(91)32-20-14-8-2)84-58-29-25-27-51-37-41-54(73(86-81)66(51)58)69-77(96)71(78(69)97)56-43-39-53-40-44-57(76-68(53)75(56)88-83(89-76,49-104-64(94)35-23-17-11-5)50-105-65(95)36-24-18-12-6)72-79(98)70(80(72)99)55-42-38-52-28-26-30-59-67(52)74(55)87-82(85-59,47-102-62(92)33-21-15-9-3)48-103-63(93)34-22-16-10-4;1-17(2)23-11-9-19(5)29-25(15-23)21(7)13-27(29)31-33(35)32(34(31)36)28-14-22(8)26-16-24(18(3)4)12-10-20(6)30(26)28/h25-30,37-44,69-72,77-80,84-89H,7-24,31-36,45-50H2,1-6H3;9-13,15-18,35H,14H2,1-8H3/q-4;/p-1. The van der Waals surface area contributed by atoms with Crippen molar-refractivity contribution in [3.8, 4) is 11.1 Å². The fourth-order valence-electron chi connectivity index (χ4n) is 21.6. The van der Waals surface area contributed by atoms with Crippen LogP contribution in [0.15, 0.2) is 172 Å². The fraction of sp³-hybridized carbons (Fsp3) is 0.496. The summed E-state index contributed by atoms with van der Waals surface area (Å²) >= 11 is 0. The highest BCUT2D eigenvalue weighted by atomic mass is 16.6. The molecule has 752 valence electrons. The molecule has 0 spiro atoms. The minimum atomic E-state index is -1.71. The van der Waals surface area contributed by atoms with Gasteiger partial charge in [0.2, 0.25) is 0 Å². The molecule has 0 saturated heterocycles. The first-order valence-corrected chi connectivity index (χ1v) is 51.9. The molecule has 0 aromatic heterocycles. The largest absolute Gasteiger partial charge is 0.871 e. The maximum absolute atomic E-state index is 15.8. The summed E-state index contributed by atoms with van der Waals surface area (Å²) in [5, 5.41) is 102. The number of ether oxygens (including phenoxy) is 6. The van der Waals surface area contributed by atoms with Gasteiger partial charge < -0.3 is 85.9 Å². The summed E-state index contributed by atoms with van der Waals surface area (Å²) in [5.41, 5.74) is 13.6. The lowest BCUT2D eigenvalue weighted by Crippen LogP contribution is -2.65. The Kier molecular flexibility index (Phi) is 33.2. The van der Waals surface area contributed by atoms with Gasteiger partial charge >= 0.3 is 35.8 Å². The Morgan fingerprint density at radius 2 is 0.730 bits per heavy atom. The van der Waals surface area contributed by atoms with Crippen LogP contribution in [0.2, 0.25) is 0 Å². The first-order valence-electron chi connectivity index (χ1n) is 51.9. The second-order valence-corrected chi connectivity index (χ2v) is 41.0. The van der Waals surface area contributed by atoms with Crippen molar-refractivity contribution in [1.82, 2.24) is 0 Å². The summed E-state index contributed by atoms with van der Waals surface area (Å²) in [6.07, 6.45) is 15.6. The second-order valence-electron chi connectivity index (χ2n) is 41.0. The zero-order valence-corrected chi connectivity index (χ0v) is 84.7. The van der Waals surface area contributed by atoms with E-state index in [2.05, 4.69) is 124 Å². The van der Waals surface area contributed by atoms with Gasteiger partial charge in [0.25, 0.3) is 0 Å². The highest BCUT2D eigenvalue weighted by Gasteiger charge is 2.51. The molecule has 3 heterocycles. The van der Waals surface area contributed by atoms with E-state index in [1.807, 2.05) is 96.1 Å². The maximum atomic E-state index is 15.8. The van der Waals surface area contributed by atoms with Crippen molar-refractivity contribution in [3.63, 3.8) is 0 Å². The third-order valence-corrected chi connectivity index (χ3v) is 29.7. The number of Topliss-reactive ketones (excluding diaryl/α,β-unsaturated/α-hetero) is 1. The molecule has 141 heavy (non-hydrogen) atoms. The summed E-state index contributed by atoms with van der Waals surface area (Å²) < 4.78 is 36.2. The van der Waals surface area contributed by atoms with Crippen molar-refractivity contribution in [2.75, 3.05) is 71.5 Å². The van der Waals surface area contributed by atoms with Gasteiger partial charge in [0.05, 0.1) is 0 Å². The van der Waals surface area contributed by atoms with Gasteiger partial charge in [0.15, 0.2) is 22.8 Å². The van der Waals surface area contributed by atoms with E-state index >= 15 is 20.4 Å². The van der Waals surface area contributed by atoms with E-state index in [9.17, 15) is 38.7 Å². The third-order valence-electron chi connectivity index (χ3n) is 29.7. The smallest absolute Gasteiger partial charge is 0.305 e. The van der Waals surface area contributed by atoms with E-state index in [0.717, 1.165) is 132 Å². The monoisotopic (exact) mass is 1920 g/mol. The zero-order valence-electron chi connectivity index (χ0n) is 84.7. The molecule has 6 aromatic carbocycles. The molecule has 0 amide bonds. The van der Waals surface area contributed by atoms with Gasteiger partial charge in [-0.15, -0.1) is 24.4 Å². The number of allylic oxidation sites excluding steroid dienone is 11. The van der Waals surface area contributed by atoms with Gasteiger partial charge in [-0.3, -0.25) is 33.6 Å². The molecule has 6 aromatic rings. The summed E-state index contributed by atoms with van der Waals surface area (Å²) in [4.78, 5) is 94.8. The van der Waals surface area contributed by atoms with E-state index in [-0.39, 0.29) is 76.5 Å². The number of rotatable bonds is 43. The summed E-state index contributed by atoms with van der Waals surface area (Å²) in [5.74, 6) is -6.93. The average molecular weight is 1920 g/mol. The number of carbonyl (C=O) groups excluding carboxylic acids is 7. The predicted octanol–water partition coefficient (Wildman–Crippen LogP) is 19.8. The van der Waals surface area contributed by atoms with Gasteiger partial charge in [-0.25, -0.2) is 0 Å². The topological polar surface area (TPSA) is 362 Å². The normalized spacial score (nSPS) is 20.8. The average Bonchev–Trinajstić information content (AvgIpc) is 1.05. The molecule has 24 nitrogen and oxygen atoms in total. The number of unbranched alkanes of at least 4 members (excludes halogenated alkanes) is 12. The van der Waals surface area contributed by atoms with E-state index in [1.54, 1.807) is 36.4 Å². The van der Waals surface area contributed by atoms with Crippen molar-refractivity contribution in [1.29, 1.82) is 0 Å². The lowest BCUT2D eigenvalue weighted by atomic mass is 9.61. The summed E-state index contributed by atoms with van der Waals surface area (Å²) in [7, 11) is 0. The van der Waals surface area contributed by atoms with Crippen LogP contribution in [-0.4, -0.2) is 123 Å². The number of hydrogen-bond donors (Lipinski definition) is 6. The highest BCUT2D eigenvalue weighted by Crippen LogP contribution is 2.59. The van der Waals surface area contributed by atoms with Crippen molar-refractivity contribution >= 4 is 114 Å². The van der Waals surface area contributed by atoms with Crippen LogP contribution in [0.1, 0.15) is 318 Å². The van der Waals surface area contributed by atoms with Gasteiger partial charge in [-0.2, -0.15) is 0 Å². The first kappa shape index (κ1) is 104. The minimum absolute atomic E-state index is 0.0964. The van der Waals surface area contributed by atoms with E-state index in [4.69, 9.17) is 28.4 Å². The second kappa shape index (κ2) is 45.2. The number of hydrogen-bond acceptors (Lipinski definition) is 24. The Labute approximate surface area is 830 Å². The minimum Gasteiger partial charge on any atom is -0.871 e. The third kappa shape index (κ3) is 21.8. The number of benzene rings is 6. The van der Waals surface area contributed by atoms with E-state index < -0.39 is 114 Å². The van der Waals surface area contributed by atoms with Crippen LogP contribution in [0.5, 0.6) is 0 Å². The lowest BCUT2D eigenvalue weighted by Gasteiger charge is -2.63. The number of carbonyl (C=O) groups is 7. The van der Waals surface area contributed by atoms with Crippen LogP contribution in [-0.2, 0) is 62.0 Å². The maximum Gasteiger partial charge on any atom is 0.305 e. The molecule has 10 aliphatic rings. The van der Waals surface area contributed by atoms with Crippen LogP contribution < -0.4 is 57.4 Å². The zero-order chi connectivity index (χ0) is 100. The fourth-order valence-corrected chi connectivity index (χ4v) is 21.6. The lowest BCUT2D eigenvalue weighted by molar-refractivity contribution is -0.536. The van der Waals surface area contributed by atoms with Crippen LogP contribution in [0.25, 0.3) is 49.0 Å². The van der Waals surface area contributed by atoms with E-state index in [0.29, 0.717) is 146 Å². The van der Waals surface area contributed by atoms with E-state index in [1.165, 1.54) is 22.3 Å². The molecule has 2 saturated carbocycles. The molecule has 24 heteroatoms. The summed E-state index contributed by atoms with van der Waals surface area (Å²) in [6.45, 7) is 27.4. The Morgan fingerprint density at radius 1 is 0.383 bits per heavy atom. The number of esters is 6. The molecule has 7 aliphatic carbocycles. The van der Waals surface area contributed by atoms with Crippen LogP contribution in [0, 0.1) is 19.8 Å². The Hall–Kier alpha value is -11.8. The summed E-state index contributed by atoms with van der Waals surface area (Å²) in [6, 6.07) is 34.2. The van der Waals surface area contributed by atoms with Gasteiger partial charge in [-0.1, -0.05) is 273 Å². The van der Waals surface area contributed by atoms with Crippen LogP contribution in [0.3, 0.4) is 0 Å². The molecular weight excluding hydrogens is 1780 g/mol. The Bertz CT molecular complexity index is 5900. The number of nitrogens with one attached hydrogen (secondary N) is 6. The molecular formula is C117H141N6O18-5. The molecule has 4 unspecified atom stereocenters. The molecule has 2 fully saturated rings. The quantitative estimate of drug-likeness (QED) is 0.00894. The molecule has 16 rings (SSSR count). The molecule has 3 aliphatic heterocycles. The number of anilines is 6. The van der Waals surface area contributed by atoms with Crippen LogP contribution in [0.4, 0.5) is 34.1 Å². The Morgan fingerprint density at radius 3 is 1.07 bits per heavy atom. The first-order chi connectivity index (χ1) is 67.8. The number of aryl methyl sites for hydroxylation is 2. The number of fused-ring (bicyclic) bond motifs is 2. The molecule has 4 atom stereocenters. The van der Waals surface area contributed by atoms with Gasteiger partial charge in [0.1, 0.15) is 39.6 Å². The Balaban J connectivity index is 0.000000346. The predicted molar refractivity (Wildman–Crippen MR) is 546 cm³/mol.